The van der Waals surface area contributed by atoms with Gasteiger partial charge in [-0.3, -0.25) is 4.79 Å². The van der Waals surface area contributed by atoms with E-state index < -0.39 is 0 Å². The van der Waals surface area contributed by atoms with Crippen LogP contribution in [0.3, 0.4) is 0 Å². The maximum Gasteiger partial charge on any atom is 0.315 e. The lowest BCUT2D eigenvalue weighted by atomic mass is 10.2. The molecule has 0 fully saturated rings. The monoisotopic (exact) mass is 280 g/mol. The molecule has 4 nitrogen and oxygen atoms in total. The molecule has 2 rings (SSSR count). The molecule has 0 atom stereocenters. The summed E-state index contributed by atoms with van der Waals surface area (Å²) in [6.07, 6.45) is 7.82. The number of carbonyl (C=O) groups excluding carboxylic acids is 1. The lowest BCUT2D eigenvalue weighted by molar-refractivity contribution is -0.133. The second-order valence-corrected chi connectivity index (χ2v) is 4.40. The molecule has 1 aromatic carbocycles. The molecule has 0 aliphatic heterocycles. The largest absolute Gasteiger partial charge is 0.426 e. The molecule has 0 spiro atoms. The topological polar surface area (TPSA) is 52.1 Å². The van der Waals surface area contributed by atoms with E-state index in [1.165, 1.54) is 6.08 Å². The first-order chi connectivity index (χ1) is 10.2. The normalized spacial score (nSPS) is 9.90. The fourth-order valence-electron chi connectivity index (χ4n) is 1.74. The van der Waals surface area contributed by atoms with Crippen molar-refractivity contribution in [2.45, 2.75) is 12.8 Å². The number of aromatic nitrogens is 2. The highest BCUT2D eigenvalue weighted by atomic mass is 16.5. The molecule has 1 heterocycles. The Labute approximate surface area is 123 Å². The fourth-order valence-corrected chi connectivity index (χ4v) is 1.74. The molecule has 0 aliphatic rings. The van der Waals surface area contributed by atoms with Crippen molar-refractivity contribution in [2.24, 2.45) is 0 Å². The van der Waals surface area contributed by atoms with Crippen LogP contribution >= 0.6 is 0 Å². The van der Waals surface area contributed by atoms with Crippen LogP contribution in [-0.4, -0.2) is 15.9 Å². The summed E-state index contributed by atoms with van der Waals surface area (Å²) >= 11 is 0. The van der Waals surface area contributed by atoms with E-state index in [2.05, 4.69) is 23.1 Å². The van der Waals surface area contributed by atoms with Gasteiger partial charge in [-0.15, -0.1) is 13.2 Å². The summed E-state index contributed by atoms with van der Waals surface area (Å²) in [5.74, 6) is 0.795. The van der Waals surface area contributed by atoms with Crippen LogP contribution in [-0.2, 0) is 11.2 Å². The highest BCUT2D eigenvalue weighted by Crippen LogP contribution is 2.19. The number of esters is 1. The minimum Gasteiger partial charge on any atom is -0.426 e. The second-order valence-electron chi connectivity index (χ2n) is 4.40. The number of nitrogens with zero attached hydrogens (tertiary/aromatic N) is 2. The molecule has 0 aliphatic carbocycles. The number of carbonyl (C=O) groups is 1. The van der Waals surface area contributed by atoms with Gasteiger partial charge in [0.15, 0.2) is 5.82 Å². The smallest absolute Gasteiger partial charge is 0.315 e. The molecule has 21 heavy (non-hydrogen) atoms. The number of hydrogen-bond donors (Lipinski definition) is 0. The summed E-state index contributed by atoms with van der Waals surface area (Å²) in [5, 5.41) is 0. The molecule has 0 amide bonds. The average Bonchev–Trinajstić information content (AvgIpc) is 2.49. The van der Waals surface area contributed by atoms with Crippen molar-refractivity contribution in [3.63, 3.8) is 0 Å². The first-order valence-corrected chi connectivity index (χ1v) is 6.56. The molecule has 106 valence electrons. The van der Waals surface area contributed by atoms with Crippen LogP contribution in [0.5, 0.6) is 5.75 Å². The molecule has 1 aromatic heterocycles. The summed E-state index contributed by atoms with van der Waals surface area (Å²) in [4.78, 5) is 20.0. The number of allylic oxidation sites excluding steroid dienone is 1. The van der Waals surface area contributed by atoms with Gasteiger partial charge in [-0.2, -0.15) is 0 Å². The average molecular weight is 280 g/mol. The van der Waals surface area contributed by atoms with Crippen molar-refractivity contribution in [2.75, 3.05) is 0 Å². The second kappa shape index (κ2) is 7.14. The minimum atomic E-state index is -0.331. The lowest BCUT2D eigenvalue weighted by Gasteiger charge is -2.04. The third-order valence-electron chi connectivity index (χ3n) is 2.74. The number of benzene rings is 1. The maximum absolute atomic E-state index is 11.3. The van der Waals surface area contributed by atoms with E-state index in [1.807, 2.05) is 18.2 Å². The van der Waals surface area contributed by atoms with E-state index in [0.717, 1.165) is 17.5 Å². The molecule has 0 N–H and O–H groups in total. The van der Waals surface area contributed by atoms with Crippen molar-refractivity contribution < 1.29 is 9.53 Å². The van der Waals surface area contributed by atoms with Crippen LogP contribution in [0.25, 0.3) is 11.4 Å². The summed E-state index contributed by atoms with van der Waals surface area (Å²) in [6, 6.07) is 7.08. The summed E-state index contributed by atoms with van der Waals surface area (Å²) in [7, 11) is 0. The van der Waals surface area contributed by atoms with Crippen LogP contribution in [0.1, 0.15) is 12.0 Å². The van der Waals surface area contributed by atoms with E-state index in [-0.39, 0.29) is 12.4 Å². The Morgan fingerprint density at radius 3 is 2.33 bits per heavy atom. The van der Waals surface area contributed by atoms with Gasteiger partial charge in [-0.05, 0) is 36.2 Å². The highest BCUT2D eigenvalue weighted by molar-refractivity contribution is 5.74. The Bertz CT molecular complexity index is 631. The van der Waals surface area contributed by atoms with E-state index in [1.54, 1.807) is 24.5 Å². The highest BCUT2D eigenvalue weighted by Gasteiger charge is 2.05. The molecule has 0 saturated heterocycles. The summed E-state index contributed by atoms with van der Waals surface area (Å²) < 4.78 is 5.13. The summed E-state index contributed by atoms with van der Waals surface area (Å²) in [6.45, 7) is 7.17. The first kappa shape index (κ1) is 14.7. The third-order valence-corrected chi connectivity index (χ3v) is 2.74. The molecular weight excluding hydrogens is 264 g/mol. The van der Waals surface area contributed by atoms with Gasteiger partial charge in [0, 0.05) is 18.0 Å². The predicted molar refractivity (Wildman–Crippen MR) is 81.8 cm³/mol. The van der Waals surface area contributed by atoms with Crippen LogP contribution in [0.4, 0.5) is 0 Å². The van der Waals surface area contributed by atoms with Gasteiger partial charge < -0.3 is 4.74 Å². The standard InChI is InChI=1S/C17H16N2O2/c1-3-5-13-11-18-17(19-12-13)14-7-9-15(10-8-14)21-16(20)6-4-2/h3-4,7-12H,1-2,5-6H2. The third kappa shape index (κ3) is 4.11. The zero-order chi connectivity index (χ0) is 15.1. The molecule has 4 heteroatoms. The molecule has 0 radical (unpaired) electrons. The SMILES string of the molecule is C=CCC(=O)Oc1ccc(-c2ncc(CC=C)cn2)cc1. The first-order valence-electron chi connectivity index (χ1n) is 6.56. The number of rotatable bonds is 6. The Morgan fingerprint density at radius 1 is 1.10 bits per heavy atom. The van der Waals surface area contributed by atoms with E-state index in [4.69, 9.17) is 4.74 Å². The van der Waals surface area contributed by atoms with Gasteiger partial charge in [0.1, 0.15) is 5.75 Å². The fraction of sp³-hybridized carbons (Fsp3) is 0.118. The predicted octanol–water partition coefficient (Wildman–Crippen LogP) is 3.35. The zero-order valence-corrected chi connectivity index (χ0v) is 11.7. The van der Waals surface area contributed by atoms with E-state index >= 15 is 0 Å². The van der Waals surface area contributed by atoms with Crippen LogP contribution in [0.15, 0.2) is 62.0 Å². The Hall–Kier alpha value is -2.75. The van der Waals surface area contributed by atoms with Crippen molar-refractivity contribution in [1.82, 2.24) is 9.97 Å². The van der Waals surface area contributed by atoms with Gasteiger partial charge in [0.25, 0.3) is 0 Å². The van der Waals surface area contributed by atoms with Crippen molar-refractivity contribution in [1.29, 1.82) is 0 Å². The Morgan fingerprint density at radius 2 is 1.76 bits per heavy atom. The molecular formula is C17H16N2O2. The maximum atomic E-state index is 11.3. The van der Waals surface area contributed by atoms with Crippen LogP contribution < -0.4 is 4.74 Å². The zero-order valence-electron chi connectivity index (χ0n) is 11.7. The van der Waals surface area contributed by atoms with Crippen molar-refractivity contribution in [3.8, 4) is 17.1 Å². The number of hydrogen-bond acceptors (Lipinski definition) is 4. The van der Waals surface area contributed by atoms with Gasteiger partial charge in [-0.25, -0.2) is 9.97 Å². The van der Waals surface area contributed by atoms with Crippen molar-refractivity contribution in [3.05, 3.63) is 67.5 Å². The van der Waals surface area contributed by atoms with Gasteiger partial charge in [0.05, 0.1) is 6.42 Å². The Balaban J connectivity index is 2.09. The lowest BCUT2D eigenvalue weighted by Crippen LogP contribution is -2.05. The minimum absolute atomic E-state index is 0.190. The van der Waals surface area contributed by atoms with Crippen LogP contribution in [0, 0.1) is 0 Å². The molecule has 0 unspecified atom stereocenters. The van der Waals surface area contributed by atoms with Gasteiger partial charge in [-0.1, -0.05) is 12.2 Å². The number of ether oxygens (including phenoxy) is 1. The van der Waals surface area contributed by atoms with Gasteiger partial charge >= 0.3 is 5.97 Å². The quantitative estimate of drug-likeness (QED) is 0.462. The van der Waals surface area contributed by atoms with Crippen molar-refractivity contribution >= 4 is 5.97 Å². The van der Waals surface area contributed by atoms with E-state index in [0.29, 0.717) is 11.6 Å². The molecule has 2 aromatic rings. The van der Waals surface area contributed by atoms with Gasteiger partial charge in [0.2, 0.25) is 0 Å². The van der Waals surface area contributed by atoms with Crippen LogP contribution in [0.2, 0.25) is 0 Å². The summed E-state index contributed by atoms with van der Waals surface area (Å²) in [5.41, 5.74) is 1.88. The molecule has 0 bridgehead atoms. The Kier molecular flexibility index (Phi) is 4.99. The van der Waals surface area contributed by atoms with E-state index in [9.17, 15) is 4.79 Å². The molecule has 0 saturated carbocycles.